The summed E-state index contributed by atoms with van der Waals surface area (Å²) in [4.78, 5) is 20.4. The Kier molecular flexibility index (Phi) is 6.26. The Bertz CT molecular complexity index is 619. The number of aliphatic hydroxyl groups is 1. The van der Waals surface area contributed by atoms with Crippen LogP contribution >= 0.6 is 0 Å². The number of rotatable bonds is 7. The normalized spacial score (nSPS) is 28.7. The average molecular weight is 363 g/mol. The maximum absolute atomic E-state index is 11.7. The number of ether oxygens (including phenoxy) is 1. The molecule has 8 heteroatoms. The van der Waals surface area contributed by atoms with Crippen molar-refractivity contribution in [1.29, 1.82) is 0 Å². The summed E-state index contributed by atoms with van der Waals surface area (Å²) in [5.41, 5.74) is 5.78. The van der Waals surface area contributed by atoms with Gasteiger partial charge in [0.15, 0.2) is 0 Å². The molecule has 0 aromatic carbocycles. The van der Waals surface area contributed by atoms with Gasteiger partial charge in [-0.3, -0.25) is 4.79 Å². The van der Waals surface area contributed by atoms with Crippen molar-refractivity contribution in [3.05, 3.63) is 11.8 Å². The van der Waals surface area contributed by atoms with E-state index in [-0.39, 0.29) is 18.2 Å². The molecule has 2 aliphatic carbocycles. The summed E-state index contributed by atoms with van der Waals surface area (Å²) >= 11 is 0. The smallest absolute Gasteiger partial charge is 0.254 e. The minimum absolute atomic E-state index is 0.152. The molecule has 2 fully saturated rings. The highest BCUT2D eigenvalue weighted by Crippen LogP contribution is 2.26. The lowest BCUT2D eigenvalue weighted by atomic mass is 9.93. The van der Waals surface area contributed by atoms with E-state index in [0.29, 0.717) is 29.9 Å². The van der Waals surface area contributed by atoms with Gasteiger partial charge in [0.1, 0.15) is 5.82 Å². The molecule has 0 bridgehead atoms. The molecule has 1 aromatic heterocycles. The minimum atomic E-state index is -0.543. The lowest BCUT2D eigenvalue weighted by Crippen LogP contribution is -2.31. The van der Waals surface area contributed by atoms with Crippen LogP contribution in [0.5, 0.6) is 0 Å². The second-order valence-electron chi connectivity index (χ2n) is 7.20. The molecule has 26 heavy (non-hydrogen) atoms. The first-order valence-corrected chi connectivity index (χ1v) is 9.54. The zero-order valence-electron chi connectivity index (χ0n) is 15.3. The van der Waals surface area contributed by atoms with E-state index in [9.17, 15) is 9.90 Å². The first-order valence-electron chi connectivity index (χ1n) is 9.54. The van der Waals surface area contributed by atoms with Gasteiger partial charge in [0.25, 0.3) is 5.91 Å². The van der Waals surface area contributed by atoms with Crippen molar-refractivity contribution in [2.75, 3.05) is 17.2 Å². The van der Waals surface area contributed by atoms with E-state index in [0.717, 1.165) is 45.1 Å². The molecule has 0 aliphatic heterocycles. The van der Waals surface area contributed by atoms with Gasteiger partial charge in [0.05, 0.1) is 17.8 Å². The predicted molar refractivity (Wildman–Crippen MR) is 99.1 cm³/mol. The second kappa shape index (κ2) is 8.64. The van der Waals surface area contributed by atoms with E-state index < -0.39 is 5.91 Å². The van der Waals surface area contributed by atoms with E-state index in [4.69, 9.17) is 10.5 Å². The molecular formula is C18H29N5O3. The Hall–Kier alpha value is -1.93. The highest BCUT2D eigenvalue weighted by atomic mass is 16.5. The van der Waals surface area contributed by atoms with E-state index in [1.807, 2.05) is 6.92 Å². The molecule has 1 aromatic rings. The van der Waals surface area contributed by atoms with Gasteiger partial charge in [-0.2, -0.15) is 4.98 Å². The van der Waals surface area contributed by atoms with Crippen LogP contribution in [0, 0.1) is 0 Å². The number of nitrogens with two attached hydrogens (primary N) is 1. The van der Waals surface area contributed by atoms with Crippen molar-refractivity contribution < 1.29 is 14.6 Å². The summed E-state index contributed by atoms with van der Waals surface area (Å²) in [6, 6.07) is 0.389. The number of aromatic nitrogens is 2. The van der Waals surface area contributed by atoms with Crippen molar-refractivity contribution in [2.24, 2.45) is 5.73 Å². The van der Waals surface area contributed by atoms with Gasteiger partial charge >= 0.3 is 0 Å². The van der Waals surface area contributed by atoms with E-state index in [1.54, 1.807) is 0 Å². The molecule has 0 unspecified atom stereocenters. The first kappa shape index (κ1) is 18.8. The van der Waals surface area contributed by atoms with Crippen LogP contribution in [0.15, 0.2) is 6.20 Å². The fraction of sp³-hybridized carbons (Fsp3) is 0.722. The summed E-state index contributed by atoms with van der Waals surface area (Å²) in [5, 5.41) is 16.3. The summed E-state index contributed by atoms with van der Waals surface area (Å²) < 4.78 is 5.69. The number of nitrogens with zero attached hydrogens (tertiary/aromatic N) is 2. The van der Waals surface area contributed by atoms with Gasteiger partial charge in [-0.05, 0) is 51.9 Å². The molecule has 1 heterocycles. The number of carbonyl (C=O) groups is 1. The van der Waals surface area contributed by atoms with Crippen LogP contribution < -0.4 is 16.4 Å². The largest absolute Gasteiger partial charge is 0.393 e. The molecule has 1 amide bonds. The SMILES string of the molecule is CCO[C@H]1CC[C@@H](Nc2nc(N[C@@H]3CC[C@@H](O)C3)ncc2C(N)=O)CC1. The van der Waals surface area contributed by atoms with Crippen molar-refractivity contribution in [2.45, 2.75) is 76.2 Å². The lowest BCUT2D eigenvalue weighted by molar-refractivity contribution is 0.0346. The van der Waals surface area contributed by atoms with Crippen LogP contribution in [0.25, 0.3) is 0 Å². The molecule has 2 saturated carbocycles. The van der Waals surface area contributed by atoms with E-state index >= 15 is 0 Å². The van der Waals surface area contributed by atoms with Crippen molar-refractivity contribution in [3.63, 3.8) is 0 Å². The van der Waals surface area contributed by atoms with Crippen molar-refractivity contribution in [1.82, 2.24) is 9.97 Å². The van der Waals surface area contributed by atoms with Crippen molar-refractivity contribution in [3.8, 4) is 0 Å². The Morgan fingerprint density at radius 1 is 1.23 bits per heavy atom. The summed E-state index contributed by atoms with van der Waals surface area (Å²) in [6.45, 7) is 2.76. The summed E-state index contributed by atoms with van der Waals surface area (Å²) in [6.07, 6.45) is 7.79. The topological polar surface area (TPSA) is 122 Å². The van der Waals surface area contributed by atoms with Crippen LogP contribution in [0.4, 0.5) is 11.8 Å². The number of amides is 1. The molecule has 144 valence electrons. The zero-order valence-corrected chi connectivity index (χ0v) is 15.3. The highest BCUT2D eigenvalue weighted by molar-refractivity contribution is 5.97. The molecule has 3 rings (SSSR count). The Balaban J connectivity index is 1.66. The van der Waals surface area contributed by atoms with Crippen LogP contribution in [0.2, 0.25) is 0 Å². The number of hydrogen-bond donors (Lipinski definition) is 4. The predicted octanol–water partition coefficient (Wildman–Crippen LogP) is 1.66. The van der Waals surface area contributed by atoms with Crippen LogP contribution in [-0.2, 0) is 4.74 Å². The molecule has 0 saturated heterocycles. The molecule has 8 nitrogen and oxygen atoms in total. The molecule has 0 radical (unpaired) electrons. The quantitative estimate of drug-likeness (QED) is 0.581. The maximum atomic E-state index is 11.7. The third-order valence-electron chi connectivity index (χ3n) is 5.21. The molecule has 2 atom stereocenters. The monoisotopic (exact) mass is 363 g/mol. The van der Waals surface area contributed by atoms with Crippen LogP contribution in [-0.4, -0.2) is 51.9 Å². The highest BCUT2D eigenvalue weighted by Gasteiger charge is 2.25. The first-order chi connectivity index (χ1) is 12.5. The number of nitrogens with one attached hydrogen (secondary N) is 2. The van der Waals surface area contributed by atoms with Gasteiger partial charge in [-0.15, -0.1) is 0 Å². The van der Waals surface area contributed by atoms with Gasteiger partial charge < -0.3 is 26.2 Å². The second-order valence-corrected chi connectivity index (χ2v) is 7.20. The van der Waals surface area contributed by atoms with E-state index in [1.165, 1.54) is 6.20 Å². The third-order valence-corrected chi connectivity index (χ3v) is 5.21. The van der Waals surface area contributed by atoms with Crippen LogP contribution in [0.1, 0.15) is 62.2 Å². The standard InChI is InChI=1S/C18H29N5O3/c1-2-26-14-7-4-11(5-8-14)21-17-15(16(19)25)10-20-18(23-17)22-12-3-6-13(24)9-12/h10-14,24H,2-9H2,1H3,(H2,19,25)(H2,20,21,22,23)/t11-,12-,13-,14+/m1/s1. The molecule has 5 N–H and O–H groups in total. The molecule has 2 aliphatic rings. The number of carbonyl (C=O) groups excluding carboxylic acids is 1. The fourth-order valence-electron chi connectivity index (χ4n) is 3.82. The third kappa shape index (κ3) is 4.82. The average Bonchev–Trinajstić information content (AvgIpc) is 3.02. The summed E-state index contributed by atoms with van der Waals surface area (Å²) in [5.74, 6) is 0.395. The van der Waals surface area contributed by atoms with Crippen LogP contribution in [0.3, 0.4) is 0 Å². The number of hydrogen-bond acceptors (Lipinski definition) is 7. The zero-order chi connectivity index (χ0) is 18.5. The van der Waals surface area contributed by atoms with E-state index in [2.05, 4.69) is 20.6 Å². The van der Waals surface area contributed by atoms with Gasteiger partial charge in [0, 0.05) is 24.9 Å². The minimum Gasteiger partial charge on any atom is -0.393 e. The lowest BCUT2D eigenvalue weighted by Gasteiger charge is -2.29. The Morgan fingerprint density at radius 2 is 1.96 bits per heavy atom. The van der Waals surface area contributed by atoms with Crippen molar-refractivity contribution >= 4 is 17.7 Å². The summed E-state index contributed by atoms with van der Waals surface area (Å²) in [7, 11) is 0. The molecular weight excluding hydrogens is 334 g/mol. The number of anilines is 2. The van der Waals surface area contributed by atoms with Gasteiger partial charge in [-0.25, -0.2) is 4.98 Å². The Morgan fingerprint density at radius 3 is 2.58 bits per heavy atom. The number of primary amides is 1. The fourth-order valence-corrected chi connectivity index (χ4v) is 3.82. The number of aliphatic hydroxyl groups excluding tert-OH is 1. The Labute approximate surface area is 153 Å². The van der Waals surface area contributed by atoms with Gasteiger partial charge in [0.2, 0.25) is 5.95 Å². The molecule has 0 spiro atoms. The maximum Gasteiger partial charge on any atom is 0.254 e. The van der Waals surface area contributed by atoms with Gasteiger partial charge in [-0.1, -0.05) is 0 Å².